The molecule has 2 aromatic heterocycles. The number of benzene rings is 1. The van der Waals surface area contributed by atoms with Crippen LogP contribution in [0, 0.1) is 6.92 Å². The van der Waals surface area contributed by atoms with Gasteiger partial charge in [0.2, 0.25) is 5.89 Å². The topological polar surface area (TPSA) is 80.0 Å². The lowest BCUT2D eigenvalue weighted by atomic mass is 10.1. The molecule has 1 aliphatic heterocycles. The van der Waals surface area contributed by atoms with Gasteiger partial charge in [-0.05, 0) is 51.4 Å². The summed E-state index contributed by atoms with van der Waals surface area (Å²) >= 11 is 0. The molecular weight excluding hydrogens is 340 g/mol. The van der Waals surface area contributed by atoms with Gasteiger partial charge in [-0.15, -0.1) is 10.2 Å². The molecule has 1 atom stereocenters. The standard InChI is InChI=1S/C20H24N6O.2H2/c1-13-5-4-10-26(13)17-12-22-14(2)18(23-17)20-25-24-19(27-20)16-8-6-15(7-9-16)11-21-3;;/h6-9,12-13,21H,4-5,10-11H2,1-3H3;2*1H/t13-;;/m0../s1. The fourth-order valence-corrected chi connectivity index (χ4v) is 3.46. The maximum atomic E-state index is 5.92. The summed E-state index contributed by atoms with van der Waals surface area (Å²) in [6.45, 7) is 5.96. The predicted octanol–water partition coefficient (Wildman–Crippen LogP) is 3.70. The zero-order chi connectivity index (χ0) is 18.8. The predicted molar refractivity (Wildman–Crippen MR) is 109 cm³/mol. The van der Waals surface area contributed by atoms with Crippen LogP contribution in [0.1, 0.15) is 33.9 Å². The first-order valence-corrected chi connectivity index (χ1v) is 9.34. The van der Waals surface area contributed by atoms with Crippen LogP contribution in [0.5, 0.6) is 0 Å². The van der Waals surface area contributed by atoms with Crippen molar-refractivity contribution in [3.63, 3.8) is 0 Å². The fraction of sp³-hybridized carbons (Fsp3) is 0.400. The van der Waals surface area contributed by atoms with Crippen LogP contribution in [0.3, 0.4) is 0 Å². The molecule has 0 aliphatic carbocycles. The van der Waals surface area contributed by atoms with Gasteiger partial charge in [0.05, 0.1) is 11.9 Å². The van der Waals surface area contributed by atoms with Crippen molar-refractivity contribution in [3.05, 3.63) is 41.7 Å². The van der Waals surface area contributed by atoms with Gasteiger partial charge in [-0.25, -0.2) is 4.98 Å². The summed E-state index contributed by atoms with van der Waals surface area (Å²) in [5, 5.41) is 11.6. The number of aryl methyl sites for hydroxylation is 1. The third-order valence-electron chi connectivity index (χ3n) is 5.00. The molecule has 1 fully saturated rings. The molecule has 0 unspecified atom stereocenters. The summed E-state index contributed by atoms with van der Waals surface area (Å²) in [6.07, 6.45) is 4.19. The van der Waals surface area contributed by atoms with Crippen LogP contribution in [0.2, 0.25) is 0 Å². The molecular formula is C20H28N6O. The highest BCUT2D eigenvalue weighted by atomic mass is 16.4. The summed E-state index contributed by atoms with van der Waals surface area (Å²) in [7, 11) is 1.93. The largest absolute Gasteiger partial charge is 0.415 e. The van der Waals surface area contributed by atoms with E-state index in [9.17, 15) is 0 Å². The highest BCUT2D eigenvalue weighted by Crippen LogP contribution is 2.28. The van der Waals surface area contributed by atoms with Gasteiger partial charge in [0.15, 0.2) is 5.69 Å². The minimum absolute atomic E-state index is 0. The third kappa shape index (κ3) is 3.55. The Morgan fingerprint density at radius 1 is 1.22 bits per heavy atom. The van der Waals surface area contributed by atoms with Crippen LogP contribution in [0.25, 0.3) is 23.0 Å². The number of hydrogen-bond acceptors (Lipinski definition) is 7. The van der Waals surface area contributed by atoms with Crippen LogP contribution >= 0.6 is 0 Å². The summed E-state index contributed by atoms with van der Waals surface area (Å²) in [6, 6.07) is 8.56. The number of anilines is 1. The molecule has 4 rings (SSSR count). The van der Waals surface area contributed by atoms with Gasteiger partial charge in [0.1, 0.15) is 5.82 Å². The Bertz CT molecular complexity index is 931. The Morgan fingerprint density at radius 3 is 2.70 bits per heavy atom. The minimum Gasteiger partial charge on any atom is -0.415 e. The van der Waals surface area contributed by atoms with Gasteiger partial charge in [0.25, 0.3) is 5.89 Å². The SMILES string of the molecule is CNCc1ccc(-c2nnc(-c3nc(N4CCC[C@@H]4C)cnc3C)o2)cc1.[HH].[HH]. The molecule has 7 heteroatoms. The van der Waals surface area contributed by atoms with Crippen molar-refractivity contribution in [2.75, 3.05) is 18.5 Å². The van der Waals surface area contributed by atoms with Crippen LogP contribution in [0.4, 0.5) is 5.82 Å². The van der Waals surface area contributed by atoms with E-state index in [0.29, 0.717) is 23.5 Å². The third-order valence-corrected chi connectivity index (χ3v) is 5.00. The zero-order valence-corrected chi connectivity index (χ0v) is 15.9. The van der Waals surface area contributed by atoms with E-state index in [2.05, 4.69) is 44.5 Å². The van der Waals surface area contributed by atoms with Crippen molar-refractivity contribution < 1.29 is 7.27 Å². The minimum atomic E-state index is 0. The summed E-state index contributed by atoms with van der Waals surface area (Å²) in [5.41, 5.74) is 3.53. The molecule has 0 spiro atoms. The Kier molecular flexibility index (Phi) is 4.85. The highest BCUT2D eigenvalue weighted by Gasteiger charge is 2.24. The Labute approximate surface area is 161 Å². The molecule has 0 amide bonds. The second-order valence-electron chi connectivity index (χ2n) is 6.99. The second-order valence-corrected chi connectivity index (χ2v) is 6.99. The average Bonchev–Trinajstić information content (AvgIpc) is 3.33. The quantitative estimate of drug-likeness (QED) is 0.735. The van der Waals surface area contributed by atoms with Crippen LogP contribution in [-0.4, -0.2) is 39.8 Å². The van der Waals surface area contributed by atoms with E-state index in [4.69, 9.17) is 9.40 Å². The molecule has 0 radical (unpaired) electrons. The van der Waals surface area contributed by atoms with Crippen molar-refractivity contribution in [1.82, 2.24) is 25.5 Å². The van der Waals surface area contributed by atoms with E-state index in [-0.39, 0.29) is 2.85 Å². The van der Waals surface area contributed by atoms with Crippen molar-refractivity contribution in [2.45, 2.75) is 39.3 Å². The first-order valence-electron chi connectivity index (χ1n) is 9.34. The van der Waals surface area contributed by atoms with Crippen LogP contribution in [0.15, 0.2) is 34.9 Å². The highest BCUT2D eigenvalue weighted by molar-refractivity contribution is 5.58. The van der Waals surface area contributed by atoms with E-state index in [1.54, 1.807) is 0 Å². The van der Waals surface area contributed by atoms with E-state index >= 15 is 0 Å². The van der Waals surface area contributed by atoms with Gasteiger partial charge >= 0.3 is 0 Å². The molecule has 3 aromatic rings. The van der Waals surface area contributed by atoms with Gasteiger partial charge in [0, 0.05) is 27.5 Å². The molecule has 0 bridgehead atoms. The van der Waals surface area contributed by atoms with Gasteiger partial charge < -0.3 is 14.6 Å². The summed E-state index contributed by atoms with van der Waals surface area (Å²) < 4.78 is 5.92. The lowest BCUT2D eigenvalue weighted by Crippen LogP contribution is -2.27. The van der Waals surface area contributed by atoms with Crippen molar-refractivity contribution in [2.24, 2.45) is 0 Å². The fourth-order valence-electron chi connectivity index (χ4n) is 3.46. The summed E-state index contributed by atoms with van der Waals surface area (Å²) in [5.74, 6) is 1.77. The van der Waals surface area contributed by atoms with Crippen LogP contribution in [-0.2, 0) is 6.54 Å². The molecule has 1 saturated heterocycles. The second kappa shape index (κ2) is 7.44. The van der Waals surface area contributed by atoms with Gasteiger partial charge in [-0.3, -0.25) is 4.98 Å². The van der Waals surface area contributed by atoms with Gasteiger partial charge in [-0.2, -0.15) is 0 Å². The molecule has 1 aliphatic rings. The zero-order valence-electron chi connectivity index (χ0n) is 15.9. The Morgan fingerprint density at radius 2 is 2.00 bits per heavy atom. The molecule has 3 heterocycles. The van der Waals surface area contributed by atoms with E-state index in [0.717, 1.165) is 30.2 Å². The normalized spacial score (nSPS) is 16.9. The molecule has 7 nitrogen and oxygen atoms in total. The van der Waals surface area contributed by atoms with E-state index in [1.807, 2.05) is 32.3 Å². The smallest absolute Gasteiger partial charge is 0.268 e. The monoisotopic (exact) mass is 368 g/mol. The number of aromatic nitrogens is 4. The molecule has 144 valence electrons. The maximum absolute atomic E-state index is 5.92. The number of nitrogens with zero attached hydrogens (tertiary/aromatic N) is 5. The molecule has 1 N–H and O–H groups in total. The Hall–Kier alpha value is -2.80. The number of nitrogens with one attached hydrogen (secondary N) is 1. The van der Waals surface area contributed by atoms with E-state index in [1.165, 1.54) is 18.4 Å². The maximum Gasteiger partial charge on any atom is 0.268 e. The van der Waals surface area contributed by atoms with Crippen LogP contribution < -0.4 is 10.2 Å². The average molecular weight is 368 g/mol. The van der Waals surface area contributed by atoms with Crippen molar-refractivity contribution in [3.8, 4) is 23.0 Å². The van der Waals surface area contributed by atoms with Crippen molar-refractivity contribution in [1.29, 1.82) is 0 Å². The Balaban J connectivity index is 0.00000150. The first kappa shape index (κ1) is 17.6. The van der Waals surface area contributed by atoms with Crippen molar-refractivity contribution >= 4 is 5.82 Å². The lowest BCUT2D eigenvalue weighted by molar-refractivity contribution is 0.580. The first-order chi connectivity index (χ1) is 13.2. The van der Waals surface area contributed by atoms with E-state index < -0.39 is 0 Å². The molecule has 27 heavy (non-hydrogen) atoms. The molecule has 0 saturated carbocycles. The number of hydrogen-bond donors (Lipinski definition) is 1. The van der Waals surface area contributed by atoms with Gasteiger partial charge in [-0.1, -0.05) is 12.1 Å². The number of rotatable bonds is 5. The summed E-state index contributed by atoms with van der Waals surface area (Å²) in [4.78, 5) is 11.6. The molecule has 1 aromatic carbocycles. The lowest BCUT2D eigenvalue weighted by Gasteiger charge is -2.22.